The Balaban J connectivity index is 2.40. The molecule has 15 heavy (non-hydrogen) atoms. The summed E-state index contributed by atoms with van der Waals surface area (Å²) in [5.74, 6) is 0.0313. The van der Waals surface area contributed by atoms with Gasteiger partial charge in [-0.1, -0.05) is 0 Å². The van der Waals surface area contributed by atoms with Crippen LogP contribution in [0.1, 0.15) is 19.3 Å². The van der Waals surface area contributed by atoms with E-state index in [9.17, 15) is 4.79 Å². The predicted molar refractivity (Wildman–Crippen MR) is 56.3 cm³/mol. The number of ether oxygens (including phenoxy) is 1. The lowest BCUT2D eigenvalue weighted by Gasteiger charge is -2.23. The van der Waals surface area contributed by atoms with Gasteiger partial charge in [-0.2, -0.15) is 0 Å². The number of rotatable bonds is 7. The Kier molecular flexibility index (Phi) is 5.01. The van der Waals surface area contributed by atoms with E-state index < -0.39 is 0 Å². The van der Waals surface area contributed by atoms with Crippen molar-refractivity contribution in [3.63, 3.8) is 0 Å². The van der Waals surface area contributed by atoms with E-state index in [-0.39, 0.29) is 18.6 Å². The Morgan fingerprint density at radius 3 is 2.73 bits per heavy atom. The minimum absolute atomic E-state index is 0.0164. The number of hydrogen-bond acceptors (Lipinski definition) is 4. The van der Waals surface area contributed by atoms with Gasteiger partial charge >= 0.3 is 0 Å². The number of aliphatic hydroxyl groups is 1. The maximum atomic E-state index is 11.8. The zero-order valence-corrected chi connectivity index (χ0v) is 9.19. The highest BCUT2D eigenvalue weighted by Gasteiger charge is 2.32. The summed E-state index contributed by atoms with van der Waals surface area (Å²) < 4.78 is 5.06. The van der Waals surface area contributed by atoms with Gasteiger partial charge in [-0.15, -0.1) is 0 Å². The third kappa shape index (κ3) is 3.77. The van der Waals surface area contributed by atoms with Gasteiger partial charge in [-0.25, -0.2) is 0 Å². The molecule has 1 unspecified atom stereocenters. The summed E-state index contributed by atoms with van der Waals surface area (Å²) >= 11 is 0. The van der Waals surface area contributed by atoms with Crippen molar-refractivity contribution < 1.29 is 14.6 Å². The average molecular weight is 216 g/mol. The Hall–Kier alpha value is -0.650. The molecular weight excluding hydrogens is 196 g/mol. The summed E-state index contributed by atoms with van der Waals surface area (Å²) in [5.41, 5.74) is 5.45. The smallest absolute Gasteiger partial charge is 0.225 e. The number of amides is 1. The summed E-state index contributed by atoms with van der Waals surface area (Å²) in [4.78, 5) is 13.6. The van der Waals surface area contributed by atoms with E-state index in [2.05, 4.69) is 0 Å². The Labute approximate surface area is 90.2 Å². The fraction of sp³-hybridized carbons (Fsp3) is 0.900. The third-order valence-corrected chi connectivity index (χ3v) is 2.65. The third-order valence-electron chi connectivity index (χ3n) is 2.65. The van der Waals surface area contributed by atoms with Crippen LogP contribution in [0, 0.1) is 0 Å². The fourth-order valence-corrected chi connectivity index (χ4v) is 1.58. The first-order chi connectivity index (χ1) is 7.22. The molecule has 0 bridgehead atoms. The van der Waals surface area contributed by atoms with E-state index in [1.807, 2.05) is 0 Å². The number of carbonyl (C=O) groups is 1. The monoisotopic (exact) mass is 216 g/mol. The van der Waals surface area contributed by atoms with Crippen LogP contribution in [0.15, 0.2) is 0 Å². The van der Waals surface area contributed by atoms with E-state index in [0.717, 1.165) is 12.8 Å². The maximum Gasteiger partial charge on any atom is 0.225 e. The molecule has 1 saturated carbocycles. The van der Waals surface area contributed by atoms with Crippen LogP contribution < -0.4 is 5.73 Å². The molecular formula is C10H20N2O3. The lowest BCUT2D eigenvalue weighted by atomic mass is 10.2. The van der Waals surface area contributed by atoms with Crippen LogP contribution >= 0.6 is 0 Å². The van der Waals surface area contributed by atoms with Gasteiger partial charge in [0.1, 0.15) is 0 Å². The zero-order chi connectivity index (χ0) is 11.3. The largest absolute Gasteiger partial charge is 0.395 e. The second kappa shape index (κ2) is 6.05. The van der Waals surface area contributed by atoms with E-state index in [1.54, 1.807) is 12.0 Å². The van der Waals surface area contributed by atoms with Crippen LogP contribution in [0.5, 0.6) is 0 Å². The molecule has 1 aliphatic rings. The minimum atomic E-state index is -0.211. The molecule has 0 radical (unpaired) electrons. The van der Waals surface area contributed by atoms with Gasteiger partial charge in [-0.05, 0) is 12.8 Å². The maximum absolute atomic E-state index is 11.8. The van der Waals surface area contributed by atoms with Crippen molar-refractivity contribution in [3.8, 4) is 0 Å². The number of methoxy groups -OCH3 is 1. The van der Waals surface area contributed by atoms with Gasteiger partial charge in [0.05, 0.1) is 19.1 Å². The van der Waals surface area contributed by atoms with Crippen molar-refractivity contribution in [2.45, 2.75) is 31.4 Å². The first-order valence-corrected chi connectivity index (χ1v) is 5.36. The number of aliphatic hydroxyl groups excluding tert-OH is 1. The Morgan fingerprint density at radius 2 is 2.33 bits per heavy atom. The normalized spacial score (nSPS) is 17.5. The molecule has 1 amide bonds. The molecule has 0 aromatic carbocycles. The van der Waals surface area contributed by atoms with Crippen LogP contribution in [-0.2, 0) is 9.53 Å². The molecule has 0 aromatic heterocycles. The molecule has 88 valence electrons. The number of hydrogen-bond donors (Lipinski definition) is 2. The quantitative estimate of drug-likeness (QED) is 0.592. The summed E-state index contributed by atoms with van der Waals surface area (Å²) in [5, 5.41) is 8.86. The molecule has 0 aromatic rings. The predicted octanol–water partition coefficient (Wildman–Crippen LogP) is -0.666. The highest BCUT2D eigenvalue weighted by Crippen LogP contribution is 2.27. The van der Waals surface area contributed by atoms with Crippen molar-refractivity contribution in [2.75, 3.05) is 26.8 Å². The SMILES string of the molecule is COC(CN)CC(=O)N(CCO)C1CC1. The van der Waals surface area contributed by atoms with Gasteiger partial charge in [0.15, 0.2) is 0 Å². The number of nitrogens with two attached hydrogens (primary N) is 1. The van der Waals surface area contributed by atoms with Gasteiger partial charge in [-0.3, -0.25) is 4.79 Å². The summed E-state index contributed by atoms with van der Waals surface area (Å²) in [6.07, 6.45) is 2.19. The first-order valence-electron chi connectivity index (χ1n) is 5.36. The molecule has 3 N–H and O–H groups in total. The minimum Gasteiger partial charge on any atom is -0.395 e. The molecule has 1 atom stereocenters. The number of nitrogens with zero attached hydrogens (tertiary/aromatic N) is 1. The molecule has 0 spiro atoms. The fourth-order valence-electron chi connectivity index (χ4n) is 1.58. The lowest BCUT2D eigenvalue weighted by Crippen LogP contribution is -2.39. The van der Waals surface area contributed by atoms with Gasteiger partial charge < -0.3 is 20.5 Å². The molecule has 0 saturated heterocycles. The van der Waals surface area contributed by atoms with Crippen LogP contribution in [-0.4, -0.2) is 54.9 Å². The van der Waals surface area contributed by atoms with E-state index in [0.29, 0.717) is 25.6 Å². The summed E-state index contributed by atoms with van der Waals surface area (Å²) in [6.45, 7) is 0.785. The van der Waals surface area contributed by atoms with Crippen LogP contribution in [0.25, 0.3) is 0 Å². The molecule has 1 rings (SSSR count). The van der Waals surface area contributed by atoms with Crippen molar-refractivity contribution in [1.29, 1.82) is 0 Å². The Morgan fingerprint density at radius 1 is 1.67 bits per heavy atom. The second-order valence-electron chi connectivity index (χ2n) is 3.84. The van der Waals surface area contributed by atoms with E-state index in [1.165, 1.54) is 0 Å². The molecule has 0 aliphatic heterocycles. The molecule has 1 aliphatic carbocycles. The standard InChI is InChI=1S/C10H20N2O3/c1-15-9(7-11)6-10(14)12(4-5-13)8-2-3-8/h8-9,13H,2-7,11H2,1H3. The molecule has 0 heterocycles. The van der Waals surface area contributed by atoms with Crippen molar-refractivity contribution >= 4 is 5.91 Å². The highest BCUT2D eigenvalue weighted by molar-refractivity contribution is 5.77. The first kappa shape index (κ1) is 12.4. The summed E-state index contributed by atoms with van der Waals surface area (Å²) in [7, 11) is 1.55. The van der Waals surface area contributed by atoms with Crippen LogP contribution in [0.2, 0.25) is 0 Å². The van der Waals surface area contributed by atoms with Crippen molar-refractivity contribution in [2.24, 2.45) is 5.73 Å². The van der Waals surface area contributed by atoms with Crippen molar-refractivity contribution in [1.82, 2.24) is 4.90 Å². The summed E-state index contributed by atoms with van der Waals surface area (Å²) in [6, 6.07) is 0.333. The highest BCUT2D eigenvalue weighted by atomic mass is 16.5. The van der Waals surface area contributed by atoms with Crippen LogP contribution in [0.3, 0.4) is 0 Å². The van der Waals surface area contributed by atoms with Crippen LogP contribution in [0.4, 0.5) is 0 Å². The Bertz CT molecular complexity index is 203. The second-order valence-corrected chi connectivity index (χ2v) is 3.84. The zero-order valence-electron chi connectivity index (χ0n) is 9.19. The molecule has 5 heteroatoms. The van der Waals surface area contributed by atoms with Gasteiger partial charge in [0, 0.05) is 26.2 Å². The van der Waals surface area contributed by atoms with Gasteiger partial charge in [0.2, 0.25) is 5.91 Å². The average Bonchev–Trinajstić information content (AvgIpc) is 3.06. The molecule has 1 fully saturated rings. The lowest BCUT2D eigenvalue weighted by molar-refractivity contribution is -0.134. The number of carbonyl (C=O) groups excluding carboxylic acids is 1. The van der Waals surface area contributed by atoms with E-state index >= 15 is 0 Å². The van der Waals surface area contributed by atoms with Crippen molar-refractivity contribution in [3.05, 3.63) is 0 Å². The molecule has 5 nitrogen and oxygen atoms in total. The topological polar surface area (TPSA) is 75.8 Å². The van der Waals surface area contributed by atoms with E-state index in [4.69, 9.17) is 15.6 Å². The van der Waals surface area contributed by atoms with Gasteiger partial charge in [0.25, 0.3) is 0 Å².